The molecule has 37 heavy (non-hydrogen) atoms. The monoisotopic (exact) mass is 511 g/mol. The van der Waals surface area contributed by atoms with Gasteiger partial charge in [-0.1, -0.05) is 49.9 Å². The van der Waals surface area contributed by atoms with E-state index in [1.165, 1.54) is 0 Å². The summed E-state index contributed by atoms with van der Waals surface area (Å²) in [4.78, 5) is 31.5. The van der Waals surface area contributed by atoms with Crippen LogP contribution in [0.3, 0.4) is 0 Å². The third-order valence-electron chi connectivity index (χ3n) is 6.05. The molecule has 1 saturated heterocycles. The summed E-state index contributed by atoms with van der Waals surface area (Å²) in [6.07, 6.45) is -0.0540. The Morgan fingerprint density at radius 1 is 1.08 bits per heavy atom. The highest BCUT2D eigenvalue weighted by Gasteiger charge is 2.41. The lowest BCUT2D eigenvalue weighted by Crippen LogP contribution is -2.31. The second-order valence-corrected chi connectivity index (χ2v) is 9.92. The number of anilines is 2. The van der Waals surface area contributed by atoms with Gasteiger partial charge in [0.15, 0.2) is 0 Å². The zero-order valence-electron chi connectivity index (χ0n) is 20.7. The number of rotatable bonds is 7. The van der Waals surface area contributed by atoms with Crippen LogP contribution in [-0.4, -0.2) is 28.7 Å². The molecule has 3 aromatic rings. The van der Waals surface area contributed by atoms with E-state index in [-0.39, 0.29) is 34.3 Å². The summed E-state index contributed by atoms with van der Waals surface area (Å²) in [5, 5.41) is 19.3. The van der Waals surface area contributed by atoms with Crippen LogP contribution in [0.25, 0.3) is 11.1 Å². The van der Waals surface area contributed by atoms with Crippen molar-refractivity contribution in [3.05, 3.63) is 65.2 Å². The van der Waals surface area contributed by atoms with Gasteiger partial charge in [-0.15, -0.1) is 0 Å². The zero-order valence-corrected chi connectivity index (χ0v) is 21.5. The van der Waals surface area contributed by atoms with Gasteiger partial charge in [-0.25, -0.2) is 9.88 Å². The second-order valence-electron chi connectivity index (χ2n) is 8.73. The summed E-state index contributed by atoms with van der Waals surface area (Å²) in [7, 11) is 0. The molecule has 2 heterocycles. The van der Waals surface area contributed by atoms with Crippen molar-refractivity contribution < 1.29 is 14.3 Å². The number of nitrogens with zero attached hydrogens (tertiary/aromatic N) is 4. The molecule has 0 radical (unpaired) electrons. The summed E-state index contributed by atoms with van der Waals surface area (Å²) in [5.41, 5.74) is 8.96. The smallest absolute Gasteiger partial charge is 0.247 e. The van der Waals surface area contributed by atoms with Crippen molar-refractivity contribution in [3.63, 3.8) is 0 Å². The van der Waals surface area contributed by atoms with Gasteiger partial charge in [-0.2, -0.15) is 10.5 Å². The van der Waals surface area contributed by atoms with Gasteiger partial charge in [0, 0.05) is 12.0 Å². The Morgan fingerprint density at radius 3 is 2.30 bits per heavy atom. The molecule has 4 rings (SSSR count). The zero-order chi connectivity index (χ0) is 26.7. The van der Waals surface area contributed by atoms with Gasteiger partial charge in [0.1, 0.15) is 34.3 Å². The van der Waals surface area contributed by atoms with Crippen LogP contribution >= 0.6 is 11.8 Å². The third kappa shape index (κ3) is 5.00. The lowest BCUT2D eigenvalue weighted by Gasteiger charge is -2.17. The molecule has 1 unspecified atom stereocenters. The molecule has 2 aromatic carbocycles. The number of nitriles is 2. The molecule has 0 spiro atoms. The van der Waals surface area contributed by atoms with E-state index in [0.717, 1.165) is 22.2 Å². The molecular formula is C28H25N5O3S. The Labute approximate surface area is 219 Å². The van der Waals surface area contributed by atoms with E-state index >= 15 is 0 Å². The molecule has 0 aliphatic carbocycles. The van der Waals surface area contributed by atoms with E-state index < -0.39 is 11.2 Å². The van der Waals surface area contributed by atoms with Crippen molar-refractivity contribution in [3.8, 4) is 29.0 Å². The molecule has 1 aromatic heterocycles. The van der Waals surface area contributed by atoms with Crippen LogP contribution < -0.4 is 15.4 Å². The SMILES string of the molecule is CCOc1ccc(N2C(=O)CC(Sc3nc(N)c(C#N)c(-c4ccc(C(C)C)cc4)c3C#N)C2=O)cc1. The van der Waals surface area contributed by atoms with Crippen LogP contribution in [0.4, 0.5) is 11.5 Å². The lowest BCUT2D eigenvalue weighted by atomic mass is 9.94. The number of hydrogen-bond donors (Lipinski definition) is 1. The predicted molar refractivity (Wildman–Crippen MR) is 142 cm³/mol. The van der Waals surface area contributed by atoms with Crippen molar-refractivity contribution in [1.82, 2.24) is 4.98 Å². The summed E-state index contributed by atoms with van der Waals surface area (Å²) in [5.74, 6) is 0.165. The topological polar surface area (TPSA) is 133 Å². The first-order chi connectivity index (χ1) is 17.8. The fourth-order valence-electron chi connectivity index (χ4n) is 4.17. The first kappa shape index (κ1) is 25.7. The number of ether oxygens (including phenoxy) is 1. The largest absolute Gasteiger partial charge is 0.494 e. The average Bonchev–Trinajstić information content (AvgIpc) is 3.16. The van der Waals surface area contributed by atoms with E-state index in [0.29, 0.717) is 35.1 Å². The Hall–Kier alpha value is -4.34. The Balaban J connectivity index is 1.69. The normalized spacial score (nSPS) is 15.1. The van der Waals surface area contributed by atoms with Gasteiger partial charge in [0.05, 0.1) is 23.1 Å². The van der Waals surface area contributed by atoms with Crippen LogP contribution in [0.5, 0.6) is 5.75 Å². The number of carbonyl (C=O) groups excluding carboxylic acids is 2. The van der Waals surface area contributed by atoms with Crippen LogP contribution in [0.1, 0.15) is 49.8 Å². The number of pyridine rings is 1. The van der Waals surface area contributed by atoms with Gasteiger partial charge >= 0.3 is 0 Å². The second kappa shape index (κ2) is 10.7. The minimum atomic E-state index is -0.790. The van der Waals surface area contributed by atoms with Gasteiger partial charge in [0.2, 0.25) is 11.8 Å². The lowest BCUT2D eigenvalue weighted by molar-refractivity contribution is -0.121. The quantitative estimate of drug-likeness (QED) is 0.437. The highest BCUT2D eigenvalue weighted by atomic mass is 32.2. The summed E-state index contributed by atoms with van der Waals surface area (Å²) in [6.45, 7) is 6.53. The average molecular weight is 512 g/mol. The van der Waals surface area contributed by atoms with Crippen molar-refractivity contribution in [1.29, 1.82) is 10.5 Å². The molecule has 1 aliphatic rings. The number of amides is 2. The van der Waals surface area contributed by atoms with E-state index in [2.05, 4.69) is 31.0 Å². The highest BCUT2D eigenvalue weighted by molar-refractivity contribution is 8.00. The molecule has 186 valence electrons. The minimum absolute atomic E-state index is 0.0351. The number of imide groups is 1. The van der Waals surface area contributed by atoms with Gasteiger partial charge < -0.3 is 10.5 Å². The van der Waals surface area contributed by atoms with Gasteiger partial charge in [0.25, 0.3) is 0 Å². The van der Waals surface area contributed by atoms with Crippen molar-refractivity contribution >= 4 is 35.1 Å². The molecule has 2 N–H and O–H groups in total. The number of nitrogens with two attached hydrogens (primary N) is 1. The van der Waals surface area contributed by atoms with Gasteiger partial charge in [-0.05, 0) is 48.2 Å². The van der Waals surface area contributed by atoms with E-state index in [1.54, 1.807) is 24.3 Å². The number of carbonyl (C=O) groups is 2. The van der Waals surface area contributed by atoms with E-state index in [4.69, 9.17) is 10.5 Å². The summed E-state index contributed by atoms with van der Waals surface area (Å²) >= 11 is 1.01. The fraction of sp³-hybridized carbons (Fsp3) is 0.250. The minimum Gasteiger partial charge on any atom is -0.494 e. The highest BCUT2D eigenvalue weighted by Crippen LogP contribution is 2.40. The third-order valence-corrected chi connectivity index (χ3v) is 7.22. The standard InChI is InChI=1S/C28H25N5O3S/c1-4-36-20-11-9-19(10-12-20)33-24(34)13-23(28(33)35)37-27-22(15-30)25(21(14-29)26(31)32-27)18-7-5-17(6-8-18)16(2)3/h5-12,16,23H,4,13H2,1-3H3,(H2,31,32). The Morgan fingerprint density at radius 2 is 1.73 bits per heavy atom. The molecule has 2 amide bonds. The maximum atomic E-state index is 13.3. The van der Waals surface area contributed by atoms with Crippen LogP contribution in [0, 0.1) is 22.7 Å². The molecule has 1 fully saturated rings. The molecule has 1 aliphatic heterocycles. The predicted octanol–water partition coefficient (Wildman–Crippen LogP) is 5.02. The Kier molecular flexibility index (Phi) is 7.47. The molecule has 9 heteroatoms. The molecule has 0 bridgehead atoms. The van der Waals surface area contributed by atoms with E-state index in [9.17, 15) is 20.1 Å². The maximum Gasteiger partial charge on any atom is 0.247 e. The van der Waals surface area contributed by atoms with Crippen molar-refractivity contribution in [2.75, 3.05) is 17.2 Å². The number of thioether (sulfide) groups is 1. The fourth-order valence-corrected chi connectivity index (χ4v) is 5.29. The number of hydrogen-bond acceptors (Lipinski definition) is 8. The van der Waals surface area contributed by atoms with Crippen molar-refractivity contribution in [2.24, 2.45) is 0 Å². The van der Waals surface area contributed by atoms with Crippen LogP contribution in [0.2, 0.25) is 0 Å². The number of aromatic nitrogens is 1. The molecule has 8 nitrogen and oxygen atoms in total. The molecular weight excluding hydrogens is 486 g/mol. The first-order valence-electron chi connectivity index (χ1n) is 11.8. The van der Waals surface area contributed by atoms with Crippen molar-refractivity contribution in [2.45, 2.75) is 43.4 Å². The molecule has 1 atom stereocenters. The van der Waals surface area contributed by atoms with Crippen LogP contribution in [0.15, 0.2) is 53.6 Å². The van der Waals surface area contributed by atoms with Crippen LogP contribution in [-0.2, 0) is 9.59 Å². The Bertz CT molecular complexity index is 1440. The first-order valence-corrected chi connectivity index (χ1v) is 12.7. The van der Waals surface area contributed by atoms with Gasteiger partial charge in [-0.3, -0.25) is 9.59 Å². The number of nitrogen functional groups attached to an aromatic ring is 1. The number of benzene rings is 2. The van der Waals surface area contributed by atoms with E-state index in [1.807, 2.05) is 31.2 Å². The summed E-state index contributed by atoms with van der Waals surface area (Å²) < 4.78 is 5.43. The molecule has 0 saturated carbocycles. The maximum absolute atomic E-state index is 13.3. The summed E-state index contributed by atoms with van der Waals surface area (Å²) in [6, 6.07) is 18.5.